The van der Waals surface area contributed by atoms with Crippen LogP contribution in [0, 0.1) is 11.8 Å². The number of fused-ring (bicyclic) bond motifs is 1. The smallest absolute Gasteiger partial charge is 0.152 e. The van der Waals surface area contributed by atoms with Crippen LogP contribution < -0.4 is 16.0 Å². The monoisotopic (exact) mass is 481 g/mol. The van der Waals surface area contributed by atoms with Crippen molar-refractivity contribution in [2.24, 2.45) is 11.8 Å². The van der Waals surface area contributed by atoms with Crippen molar-refractivity contribution in [3.8, 4) is 0 Å². The summed E-state index contributed by atoms with van der Waals surface area (Å²) in [5.74, 6) is 2.66. The van der Waals surface area contributed by atoms with Crippen molar-refractivity contribution in [3.05, 3.63) is 0 Å². The molecule has 5 saturated heterocycles. The summed E-state index contributed by atoms with van der Waals surface area (Å²) in [4.78, 5) is 17.6. The number of rotatable bonds is 5. The van der Waals surface area contributed by atoms with Crippen LogP contribution in [0.3, 0.4) is 0 Å². The Hall–Kier alpha value is -0.300. The zero-order chi connectivity index (χ0) is 22.2. The minimum absolute atomic E-state index is 0.0462. The molecule has 33 heavy (non-hydrogen) atoms. The second kappa shape index (κ2) is 10.4. The summed E-state index contributed by atoms with van der Waals surface area (Å²) in [6.45, 7) is 5.75. The number of nitrogens with zero attached hydrogens (tertiary/aromatic N) is 2. The zero-order valence-corrected chi connectivity index (χ0v) is 20.3. The molecule has 6 rings (SSSR count). The number of hydrogen-bond donors (Lipinski definition) is 3. The Morgan fingerprint density at radius 1 is 1.00 bits per heavy atom. The number of hydrogen-bond acceptors (Lipinski definition) is 10. The second-order valence-corrected chi connectivity index (χ2v) is 11.7. The fourth-order valence-electron chi connectivity index (χ4n) is 6.50. The molecule has 1 saturated carbocycles. The highest BCUT2D eigenvalue weighted by molar-refractivity contribution is 8.01. The standard InChI is InChI=1S/C23H39N5O4S/c29-18-11-20(27-7-9-30-10-8-27)32-21-17(12-33-22(18)21)15-1-3-16(4-2-15)25-23-24-6-5-19(26-23)28-13-31-14-28/h15-17,19-26H,1-14H2. The summed E-state index contributed by atoms with van der Waals surface area (Å²) < 4.78 is 17.5. The SMILES string of the molecule is O=C1CC(N2CCOCC2)OC2C1SCC2C1CCC(NC2NCCC(N3COC3)N2)CC1. The van der Waals surface area contributed by atoms with Crippen molar-refractivity contribution in [1.82, 2.24) is 25.8 Å². The largest absolute Gasteiger partial charge is 0.379 e. The van der Waals surface area contributed by atoms with Crippen LogP contribution in [-0.4, -0.2) is 104 Å². The number of thioether (sulfide) groups is 1. The first-order chi connectivity index (χ1) is 16.2. The summed E-state index contributed by atoms with van der Waals surface area (Å²) in [7, 11) is 0. The van der Waals surface area contributed by atoms with Crippen molar-refractivity contribution in [2.45, 2.75) is 74.6 Å². The van der Waals surface area contributed by atoms with Crippen LogP contribution in [0.25, 0.3) is 0 Å². The average Bonchev–Trinajstić information content (AvgIpc) is 3.24. The van der Waals surface area contributed by atoms with Crippen molar-refractivity contribution < 1.29 is 19.0 Å². The summed E-state index contributed by atoms with van der Waals surface area (Å²) in [5, 5.41) is 11.1. The Labute approximate surface area is 201 Å². The van der Waals surface area contributed by atoms with Crippen LogP contribution in [0.15, 0.2) is 0 Å². The third-order valence-corrected chi connectivity index (χ3v) is 9.98. The summed E-state index contributed by atoms with van der Waals surface area (Å²) in [5.41, 5.74) is 0. The van der Waals surface area contributed by atoms with E-state index in [1.165, 1.54) is 25.7 Å². The van der Waals surface area contributed by atoms with Crippen LogP contribution in [-0.2, 0) is 19.0 Å². The molecule has 0 aromatic rings. The first-order valence-electron chi connectivity index (χ1n) is 12.9. The highest BCUT2D eigenvalue weighted by atomic mass is 32.2. The number of nitrogens with one attached hydrogen (secondary N) is 3. The average molecular weight is 482 g/mol. The Morgan fingerprint density at radius 2 is 1.82 bits per heavy atom. The molecule has 1 aliphatic carbocycles. The fraction of sp³-hybridized carbons (Fsp3) is 0.957. The number of carbonyl (C=O) groups is 1. The molecule has 0 amide bonds. The van der Waals surface area contributed by atoms with E-state index in [1.54, 1.807) is 0 Å². The van der Waals surface area contributed by atoms with Gasteiger partial charge in [-0.25, -0.2) is 4.90 Å². The second-order valence-electron chi connectivity index (χ2n) is 10.5. The number of Topliss-reactive ketones (excluding diaryl/α,β-unsaturated/α-hetero) is 1. The molecule has 6 aliphatic rings. The lowest BCUT2D eigenvalue weighted by atomic mass is 9.75. The molecular formula is C23H39N5O4S. The van der Waals surface area contributed by atoms with Gasteiger partial charge in [-0.15, -0.1) is 11.8 Å². The van der Waals surface area contributed by atoms with Gasteiger partial charge < -0.3 is 14.2 Å². The summed E-state index contributed by atoms with van der Waals surface area (Å²) >= 11 is 1.86. The van der Waals surface area contributed by atoms with E-state index in [4.69, 9.17) is 14.2 Å². The predicted octanol–water partition coefficient (Wildman–Crippen LogP) is 0.323. The maximum atomic E-state index is 12.9. The van der Waals surface area contributed by atoms with E-state index in [2.05, 4.69) is 25.8 Å². The molecule has 5 aliphatic heterocycles. The maximum Gasteiger partial charge on any atom is 0.152 e. The molecule has 10 heteroatoms. The zero-order valence-electron chi connectivity index (χ0n) is 19.5. The highest BCUT2D eigenvalue weighted by Gasteiger charge is 2.50. The third-order valence-electron chi connectivity index (χ3n) is 8.51. The molecule has 0 aromatic heterocycles. The maximum absolute atomic E-state index is 12.9. The number of morpholine rings is 1. The van der Waals surface area contributed by atoms with Gasteiger partial charge in [-0.1, -0.05) is 0 Å². The number of ketones is 1. The first kappa shape index (κ1) is 23.1. The van der Waals surface area contributed by atoms with Crippen LogP contribution >= 0.6 is 11.8 Å². The van der Waals surface area contributed by atoms with Gasteiger partial charge in [-0.05, 0) is 49.7 Å². The van der Waals surface area contributed by atoms with Gasteiger partial charge in [0.25, 0.3) is 0 Å². The first-order valence-corrected chi connectivity index (χ1v) is 14.0. The lowest BCUT2D eigenvalue weighted by Gasteiger charge is -2.45. The minimum atomic E-state index is -0.0462. The number of ether oxygens (including phenoxy) is 3. The van der Waals surface area contributed by atoms with Crippen molar-refractivity contribution in [1.29, 1.82) is 0 Å². The van der Waals surface area contributed by atoms with E-state index in [9.17, 15) is 4.79 Å². The molecule has 6 atom stereocenters. The van der Waals surface area contributed by atoms with E-state index in [1.807, 2.05) is 11.8 Å². The van der Waals surface area contributed by atoms with E-state index < -0.39 is 0 Å². The van der Waals surface area contributed by atoms with Gasteiger partial charge in [0.1, 0.15) is 26.0 Å². The van der Waals surface area contributed by atoms with Crippen LogP contribution in [0.5, 0.6) is 0 Å². The molecule has 0 bridgehead atoms. The molecule has 3 N–H and O–H groups in total. The van der Waals surface area contributed by atoms with Gasteiger partial charge in [0.05, 0.1) is 30.7 Å². The van der Waals surface area contributed by atoms with Gasteiger partial charge in [-0.3, -0.25) is 25.6 Å². The van der Waals surface area contributed by atoms with Gasteiger partial charge in [0.15, 0.2) is 5.78 Å². The molecule has 0 spiro atoms. The molecule has 6 unspecified atom stereocenters. The van der Waals surface area contributed by atoms with Crippen molar-refractivity contribution in [3.63, 3.8) is 0 Å². The van der Waals surface area contributed by atoms with E-state index in [0.29, 0.717) is 36.2 Å². The van der Waals surface area contributed by atoms with Crippen LogP contribution in [0.2, 0.25) is 0 Å². The van der Waals surface area contributed by atoms with Crippen molar-refractivity contribution in [2.75, 3.05) is 52.1 Å². The van der Waals surface area contributed by atoms with E-state index in [-0.39, 0.29) is 23.9 Å². The minimum Gasteiger partial charge on any atom is -0.379 e. The van der Waals surface area contributed by atoms with E-state index in [0.717, 1.165) is 58.5 Å². The molecule has 0 aromatic carbocycles. The van der Waals surface area contributed by atoms with Gasteiger partial charge in [0, 0.05) is 32.1 Å². The molecule has 0 radical (unpaired) electrons. The Morgan fingerprint density at radius 3 is 2.58 bits per heavy atom. The predicted molar refractivity (Wildman–Crippen MR) is 125 cm³/mol. The summed E-state index contributed by atoms with van der Waals surface area (Å²) in [6.07, 6.45) is 7.12. The van der Waals surface area contributed by atoms with E-state index >= 15 is 0 Å². The third kappa shape index (κ3) is 5.01. The van der Waals surface area contributed by atoms with Gasteiger partial charge >= 0.3 is 0 Å². The van der Waals surface area contributed by atoms with Crippen LogP contribution in [0.1, 0.15) is 38.5 Å². The highest BCUT2D eigenvalue weighted by Crippen LogP contribution is 2.46. The Bertz CT molecular complexity index is 686. The molecule has 9 nitrogen and oxygen atoms in total. The lowest BCUT2D eigenvalue weighted by Crippen LogP contribution is -2.68. The lowest BCUT2D eigenvalue weighted by molar-refractivity contribution is -0.177. The molecule has 186 valence electrons. The summed E-state index contributed by atoms with van der Waals surface area (Å²) in [6, 6.07) is 0.539. The fourth-order valence-corrected chi connectivity index (χ4v) is 8.13. The topological polar surface area (TPSA) is 87.3 Å². The molecule has 6 fully saturated rings. The van der Waals surface area contributed by atoms with Crippen LogP contribution in [0.4, 0.5) is 0 Å². The van der Waals surface area contributed by atoms with Gasteiger partial charge in [-0.2, -0.15) is 0 Å². The Balaban J connectivity index is 1.00. The molecule has 5 heterocycles. The normalized spacial score (nSPS) is 45.5. The quantitative estimate of drug-likeness (QED) is 0.510. The van der Waals surface area contributed by atoms with Gasteiger partial charge in [0.2, 0.25) is 0 Å². The molecular weight excluding hydrogens is 442 g/mol. The van der Waals surface area contributed by atoms with Crippen molar-refractivity contribution >= 4 is 17.5 Å². The number of carbonyl (C=O) groups excluding carboxylic acids is 1. The Kier molecular flexibility index (Phi) is 7.26.